The van der Waals surface area contributed by atoms with Crippen LogP contribution < -0.4 is 5.11 Å². The van der Waals surface area contributed by atoms with Crippen molar-refractivity contribution < 1.29 is 28.2 Å². The van der Waals surface area contributed by atoms with Crippen LogP contribution in [0.2, 0.25) is 0 Å². The molecule has 20 heavy (non-hydrogen) atoms. The molecule has 0 spiro atoms. The van der Waals surface area contributed by atoms with Gasteiger partial charge in [-0.2, -0.15) is 8.78 Å². The van der Waals surface area contributed by atoms with E-state index in [-0.39, 0.29) is 5.56 Å². The number of alkyl halides is 2. The molecule has 0 radical (unpaired) electrons. The predicted molar refractivity (Wildman–Crippen MR) is 65.1 cm³/mol. The van der Waals surface area contributed by atoms with Gasteiger partial charge in [-0.1, -0.05) is 39.0 Å². The number of hydrogen-bond donors (Lipinski definition) is 0. The van der Waals surface area contributed by atoms with Gasteiger partial charge in [-0.15, -0.1) is 0 Å². The lowest BCUT2D eigenvalue weighted by molar-refractivity contribution is -0.339. The number of carboxylic acids is 1. The number of benzene rings is 1. The van der Waals surface area contributed by atoms with Crippen LogP contribution in [0.15, 0.2) is 30.3 Å². The van der Waals surface area contributed by atoms with Crippen LogP contribution in [0.25, 0.3) is 0 Å². The molecule has 4 nitrogen and oxygen atoms in total. The molecule has 1 aromatic rings. The highest BCUT2D eigenvalue weighted by Crippen LogP contribution is 2.35. The van der Waals surface area contributed by atoms with E-state index in [1.807, 2.05) is 0 Å². The van der Waals surface area contributed by atoms with E-state index in [1.165, 1.54) is 32.9 Å². The van der Waals surface area contributed by atoms with Gasteiger partial charge in [0.15, 0.2) is 6.10 Å². The molecule has 0 saturated carbocycles. The topological polar surface area (TPSA) is 66.4 Å². The number of carboxylic acid groups (broad SMARTS) is 1. The molecular formula is C14H15F2O4-. The summed E-state index contributed by atoms with van der Waals surface area (Å²) in [4.78, 5) is 22.4. The maximum atomic E-state index is 13.6. The summed E-state index contributed by atoms with van der Waals surface area (Å²) in [6, 6.07) is 7.51. The predicted octanol–water partition coefficient (Wildman–Crippen LogP) is 1.64. The minimum absolute atomic E-state index is 0.0656. The third-order valence-corrected chi connectivity index (χ3v) is 2.62. The highest BCUT2D eigenvalue weighted by Gasteiger charge is 2.50. The minimum atomic E-state index is -4.28. The molecule has 110 valence electrons. The van der Waals surface area contributed by atoms with Crippen molar-refractivity contribution in [2.45, 2.75) is 32.8 Å². The summed E-state index contributed by atoms with van der Waals surface area (Å²) in [5.41, 5.74) is -1.20. The second-order valence-electron chi connectivity index (χ2n) is 5.43. The molecule has 1 aromatic carbocycles. The maximum absolute atomic E-state index is 13.6. The van der Waals surface area contributed by atoms with Gasteiger partial charge in [0.1, 0.15) is 5.97 Å². The van der Waals surface area contributed by atoms with E-state index >= 15 is 0 Å². The number of aliphatic carboxylic acids is 1. The largest absolute Gasteiger partial charge is 0.544 e. The number of hydrogen-bond acceptors (Lipinski definition) is 4. The van der Waals surface area contributed by atoms with Gasteiger partial charge >= 0.3 is 11.9 Å². The highest BCUT2D eigenvalue weighted by molar-refractivity contribution is 5.89. The van der Waals surface area contributed by atoms with Gasteiger partial charge in [-0.3, -0.25) is 0 Å². The van der Waals surface area contributed by atoms with Gasteiger partial charge in [0.05, 0.1) is 5.56 Å². The van der Waals surface area contributed by atoms with Crippen molar-refractivity contribution in [2.75, 3.05) is 0 Å². The number of halogens is 2. The second kappa shape index (κ2) is 5.56. The quantitative estimate of drug-likeness (QED) is 0.789. The van der Waals surface area contributed by atoms with Crippen LogP contribution >= 0.6 is 0 Å². The second-order valence-corrected chi connectivity index (χ2v) is 5.43. The number of esters is 1. The van der Waals surface area contributed by atoms with Crippen LogP contribution in [-0.4, -0.2) is 24.0 Å². The molecule has 0 aliphatic heterocycles. The Hall–Kier alpha value is -1.98. The molecule has 0 bridgehead atoms. The van der Waals surface area contributed by atoms with Crippen LogP contribution in [0.3, 0.4) is 0 Å². The SMILES string of the molecule is CC(C)(C)C(OC(=O)c1ccccc1)C(F)(F)C(=O)[O-]. The van der Waals surface area contributed by atoms with Crippen molar-refractivity contribution >= 4 is 11.9 Å². The molecule has 0 aliphatic rings. The normalized spacial score (nSPS) is 13.7. The van der Waals surface area contributed by atoms with E-state index in [2.05, 4.69) is 0 Å². The molecule has 1 atom stereocenters. The summed E-state index contributed by atoms with van der Waals surface area (Å²) in [5.74, 6) is -7.85. The average molecular weight is 285 g/mol. The lowest BCUT2D eigenvalue weighted by atomic mass is 9.85. The Morgan fingerprint density at radius 3 is 2.05 bits per heavy atom. The van der Waals surface area contributed by atoms with E-state index in [0.717, 1.165) is 0 Å². The first kappa shape index (κ1) is 16.1. The summed E-state index contributed by atoms with van der Waals surface area (Å²) in [6.07, 6.45) is -2.13. The smallest absolute Gasteiger partial charge is 0.338 e. The Morgan fingerprint density at radius 2 is 1.65 bits per heavy atom. The molecule has 0 heterocycles. The zero-order chi connectivity index (χ0) is 15.6. The van der Waals surface area contributed by atoms with Crippen molar-refractivity contribution in [2.24, 2.45) is 5.41 Å². The molecular weight excluding hydrogens is 270 g/mol. The third kappa shape index (κ3) is 3.53. The molecule has 6 heteroatoms. The van der Waals surface area contributed by atoms with Crippen LogP contribution in [0, 0.1) is 5.41 Å². The van der Waals surface area contributed by atoms with Crippen molar-refractivity contribution in [3.05, 3.63) is 35.9 Å². The van der Waals surface area contributed by atoms with Crippen LogP contribution in [0.1, 0.15) is 31.1 Å². The van der Waals surface area contributed by atoms with Crippen molar-refractivity contribution in [3.8, 4) is 0 Å². The average Bonchev–Trinajstić information content (AvgIpc) is 2.34. The Bertz CT molecular complexity index is 492. The van der Waals surface area contributed by atoms with Crippen LogP contribution in [0.4, 0.5) is 8.78 Å². The van der Waals surface area contributed by atoms with Crippen LogP contribution in [-0.2, 0) is 9.53 Å². The summed E-state index contributed by atoms with van der Waals surface area (Å²) < 4.78 is 32.0. The minimum Gasteiger partial charge on any atom is -0.544 e. The molecule has 0 aliphatic carbocycles. The maximum Gasteiger partial charge on any atom is 0.338 e. The van der Waals surface area contributed by atoms with E-state index in [9.17, 15) is 23.5 Å². The summed E-state index contributed by atoms with van der Waals surface area (Å²) in [5, 5.41) is 10.6. The number of ether oxygens (including phenoxy) is 1. The molecule has 0 fully saturated rings. The van der Waals surface area contributed by atoms with Gasteiger partial charge in [0.25, 0.3) is 0 Å². The summed E-state index contributed by atoms with van der Waals surface area (Å²) in [6.45, 7) is 4.06. The lowest BCUT2D eigenvalue weighted by Crippen LogP contribution is -2.56. The summed E-state index contributed by atoms with van der Waals surface area (Å²) in [7, 11) is 0. The summed E-state index contributed by atoms with van der Waals surface area (Å²) >= 11 is 0. The van der Waals surface area contributed by atoms with Gasteiger partial charge in [0, 0.05) is 5.41 Å². The van der Waals surface area contributed by atoms with Gasteiger partial charge in [0.2, 0.25) is 0 Å². The molecule has 0 amide bonds. The Morgan fingerprint density at radius 1 is 1.15 bits per heavy atom. The van der Waals surface area contributed by atoms with E-state index in [1.54, 1.807) is 18.2 Å². The zero-order valence-corrected chi connectivity index (χ0v) is 11.4. The third-order valence-electron chi connectivity index (χ3n) is 2.62. The first-order chi connectivity index (χ1) is 9.06. The van der Waals surface area contributed by atoms with E-state index in [4.69, 9.17) is 4.74 Å². The van der Waals surface area contributed by atoms with Gasteiger partial charge in [-0.25, -0.2) is 4.79 Å². The highest BCUT2D eigenvalue weighted by atomic mass is 19.3. The molecule has 0 N–H and O–H groups in total. The van der Waals surface area contributed by atoms with Crippen molar-refractivity contribution in [1.82, 2.24) is 0 Å². The lowest BCUT2D eigenvalue weighted by Gasteiger charge is -2.36. The Balaban J connectivity index is 3.04. The molecule has 0 aromatic heterocycles. The first-order valence-corrected chi connectivity index (χ1v) is 5.92. The van der Waals surface area contributed by atoms with Gasteiger partial charge < -0.3 is 14.6 Å². The van der Waals surface area contributed by atoms with Crippen molar-refractivity contribution in [3.63, 3.8) is 0 Å². The fraction of sp³-hybridized carbons (Fsp3) is 0.429. The fourth-order valence-electron chi connectivity index (χ4n) is 1.65. The van der Waals surface area contributed by atoms with E-state index in [0.29, 0.717) is 0 Å². The van der Waals surface area contributed by atoms with Crippen molar-refractivity contribution in [1.29, 1.82) is 0 Å². The Kier molecular flexibility index (Phi) is 4.47. The Labute approximate surface area is 115 Å². The van der Waals surface area contributed by atoms with E-state index < -0.39 is 29.4 Å². The molecule has 0 saturated heterocycles. The standard InChI is InChI=1S/C14H16F2O4/c1-13(2,3)11(14(15,16)12(18)19)20-10(17)9-7-5-4-6-8-9/h4-8,11H,1-3H3,(H,18,19)/p-1. The van der Waals surface area contributed by atoms with Gasteiger partial charge in [-0.05, 0) is 12.1 Å². The number of carbonyl (C=O) groups is 2. The number of carbonyl (C=O) groups excluding carboxylic acids is 2. The fourth-order valence-corrected chi connectivity index (χ4v) is 1.65. The first-order valence-electron chi connectivity index (χ1n) is 5.92. The number of rotatable bonds is 4. The molecule has 1 unspecified atom stereocenters. The van der Waals surface area contributed by atoms with Crippen LogP contribution in [0.5, 0.6) is 0 Å². The zero-order valence-electron chi connectivity index (χ0n) is 11.4. The monoisotopic (exact) mass is 285 g/mol. The molecule has 1 rings (SSSR count).